The predicted molar refractivity (Wildman–Crippen MR) is 106 cm³/mol. The lowest BCUT2D eigenvalue weighted by Crippen LogP contribution is -2.37. The largest absolute Gasteiger partial charge is 0.466 e. The number of nitrogens with one attached hydrogen (secondary N) is 1. The fourth-order valence-electron chi connectivity index (χ4n) is 2.40. The molecule has 12 nitrogen and oxygen atoms in total. The lowest BCUT2D eigenvalue weighted by Gasteiger charge is -2.27. The number of carbonyl (C=O) groups excluding carboxylic acids is 1. The van der Waals surface area contributed by atoms with Gasteiger partial charge in [0.2, 0.25) is 23.7 Å². The monoisotopic (exact) mass is 419 g/mol. The van der Waals surface area contributed by atoms with E-state index < -0.39 is 5.97 Å². The maximum absolute atomic E-state index is 11.1. The number of nitrogens with zero attached hydrogens (tertiary/aromatic N) is 6. The van der Waals surface area contributed by atoms with Gasteiger partial charge in [-0.25, -0.2) is 4.79 Å². The Bertz CT molecular complexity index is 828. The number of methoxy groups -OCH3 is 1. The maximum Gasteiger partial charge on any atom is 0.343 e. The Morgan fingerprint density at radius 1 is 1.17 bits per heavy atom. The van der Waals surface area contributed by atoms with Crippen LogP contribution in [0.3, 0.4) is 0 Å². The third-order valence-corrected chi connectivity index (χ3v) is 3.94. The van der Waals surface area contributed by atoms with Crippen LogP contribution >= 0.6 is 0 Å². The number of rotatable bonds is 9. The Kier molecular flexibility index (Phi) is 7.49. The van der Waals surface area contributed by atoms with Gasteiger partial charge in [-0.3, -0.25) is 0 Å². The van der Waals surface area contributed by atoms with E-state index in [4.69, 9.17) is 14.2 Å². The average molecular weight is 419 g/mol. The van der Waals surface area contributed by atoms with E-state index >= 15 is 0 Å². The first-order valence-electron chi connectivity index (χ1n) is 9.57. The molecule has 0 amide bonds. The molecule has 162 valence electrons. The fourth-order valence-corrected chi connectivity index (χ4v) is 2.40. The van der Waals surface area contributed by atoms with E-state index in [0.717, 1.165) is 0 Å². The van der Waals surface area contributed by atoms with E-state index in [1.54, 1.807) is 6.07 Å². The van der Waals surface area contributed by atoms with Crippen LogP contribution in [-0.2, 0) is 14.3 Å². The highest BCUT2D eigenvalue weighted by molar-refractivity contribution is 5.70. The zero-order chi connectivity index (χ0) is 21.3. The van der Waals surface area contributed by atoms with E-state index in [9.17, 15) is 4.79 Å². The second-order valence-corrected chi connectivity index (χ2v) is 6.79. The first kappa shape index (κ1) is 21.4. The quantitative estimate of drug-likeness (QED) is 0.579. The van der Waals surface area contributed by atoms with E-state index in [-0.39, 0.29) is 24.4 Å². The van der Waals surface area contributed by atoms with Crippen molar-refractivity contribution >= 4 is 17.9 Å². The van der Waals surface area contributed by atoms with Crippen molar-refractivity contribution in [2.45, 2.75) is 13.8 Å². The summed E-state index contributed by atoms with van der Waals surface area (Å²) in [6.07, 6.45) is 0. The van der Waals surface area contributed by atoms with Crippen LogP contribution in [0.25, 0.3) is 0 Å². The third-order valence-electron chi connectivity index (χ3n) is 3.94. The number of ether oxygens (including phenoxy) is 4. The summed E-state index contributed by atoms with van der Waals surface area (Å²) < 4.78 is 20.7. The maximum atomic E-state index is 11.1. The number of esters is 1. The molecule has 1 saturated heterocycles. The second kappa shape index (κ2) is 10.5. The first-order valence-corrected chi connectivity index (χ1v) is 9.57. The Morgan fingerprint density at radius 2 is 1.90 bits per heavy atom. The molecule has 30 heavy (non-hydrogen) atoms. The van der Waals surface area contributed by atoms with Crippen LogP contribution in [0.15, 0.2) is 12.1 Å². The molecule has 1 N–H and O–H groups in total. The number of hydrogen-bond acceptors (Lipinski definition) is 12. The summed E-state index contributed by atoms with van der Waals surface area (Å²) in [4.78, 5) is 26.3. The average Bonchev–Trinajstić information content (AvgIpc) is 2.77. The van der Waals surface area contributed by atoms with Crippen molar-refractivity contribution in [2.24, 2.45) is 5.92 Å². The lowest BCUT2D eigenvalue weighted by atomic mass is 10.2. The zero-order valence-electron chi connectivity index (χ0n) is 17.2. The van der Waals surface area contributed by atoms with Gasteiger partial charge in [0.05, 0.1) is 20.3 Å². The smallest absolute Gasteiger partial charge is 0.343 e. The summed E-state index contributed by atoms with van der Waals surface area (Å²) in [6, 6.07) is 3.15. The molecule has 3 rings (SSSR count). The molecule has 12 heteroatoms. The van der Waals surface area contributed by atoms with Gasteiger partial charge in [-0.05, 0) is 5.92 Å². The van der Waals surface area contributed by atoms with Crippen molar-refractivity contribution in [1.29, 1.82) is 0 Å². The number of carbonyl (C=O) groups is 1. The summed E-state index contributed by atoms with van der Waals surface area (Å²) in [6.45, 7) is 7.20. The summed E-state index contributed by atoms with van der Waals surface area (Å²) in [5, 5.41) is 11.0. The Morgan fingerprint density at radius 3 is 2.57 bits per heavy atom. The minimum absolute atomic E-state index is 0.0928. The number of anilines is 2. The van der Waals surface area contributed by atoms with Crippen molar-refractivity contribution in [1.82, 2.24) is 25.1 Å². The molecule has 2 aromatic heterocycles. The van der Waals surface area contributed by atoms with Gasteiger partial charge in [0, 0.05) is 31.8 Å². The topological polar surface area (TPSA) is 134 Å². The molecule has 1 aliphatic rings. The van der Waals surface area contributed by atoms with Crippen molar-refractivity contribution in [3.8, 4) is 17.8 Å². The molecule has 0 aromatic carbocycles. The van der Waals surface area contributed by atoms with Gasteiger partial charge in [0.25, 0.3) is 0 Å². The Hall–Kier alpha value is -3.28. The lowest BCUT2D eigenvalue weighted by molar-refractivity contribution is -0.143. The summed E-state index contributed by atoms with van der Waals surface area (Å²) in [7, 11) is 1.28. The SMILES string of the molecule is COC(=O)COc1ccc(Oc2nc(NCC(C)C)nc(N3CCOCC3)n2)nn1. The van der Waals surface area contributed by atoms with Crippen LogP contribution < -0.4 is 19.7 Å². The molecule has 0 spiro atoms. The van der Waals surface area contributed by atoms with E-state index in [1.165, 1.54) is 13.2 Å². The van der Waals surface area contributed by atoms with Gasteiger partial charge in [0.15, 0.2) is 6.61 Å². The Labute approximate surface area is 173 Å². The van der Waals surface area contributed by atoms with Crippen LogP contribution in [0.2, 0.25) is 0 Å². The minimum atomic E-state index is -0.514. The summed E-state index contributed by atoms with van der Waals surface area (Å²) in [5.41, 5.74) is 0. The number of aromatic nitrogens is 5. The molecule has 0 bridgehead atoms. The van der Waals surface area contributed by atoms with Crippen LogP contribution in [-0.4, -0.2) is 77.7 Å². The summed E-state index contributed by atoms with van der Waals surface area (Å²) >= 11 is 0. The summed E-state index contributed by atoms with van der Waals surface area (Å²) in [5.74, 6) is 1.16. The van der Waals surface area contributed by atoms with Gasteiger partial charge >= 0.3 is 12.0 Å². The van der Waals surface area contributed by atoms with Crippen LogP contribution in [0.1, 0.15) is 13.8 Å². The molecule has 0 unspecified atom stereocenters. The van der Waals surface area contributed by atoms with E-state index in [0.29, 0.717) is 50.7 Å². The molecular weight excluding hydrogens is 394 g/mol. The van der Waals surface area contributed by atoms with Gasteiger partial charge < -0.3 is 29.2 Å². The number of morpholine rings is 1. The molecule has 0 aliphatic carbocycles. The van der Waals surface area contributed by atoms with Crippen LogP contribution in [0.5, 0.6) is 17.8 Å². The molecule has 2 aromatic rings. The van der Waals surface area contributed by atoms with Gasteiger partial charge in [-0.15, -0.1) is 10.2 Å². The standard InChI is InChI=1S/C18H25N7O5/c1-12(2)10-19-16-20-17(25-6-8-28-9-7-25)22-18(21-16)30-14-5-4-13(23-24-14)29-11-15(26)27-3/h4-5,12H,6-11H2,1-3H3,(H,19,20,21,22). The molecular formula is C18H25N7O5. The highest BCUT2D eigenvalue weighted by atomic mass is 16.6. The molecule has 0 radical (unpaired) electrons. The molecule has 0 saturated carbocycles. The minimum Gasteiger partial charge on any atom is -0.466 e. The third kappa shape index (κ3) is 6.37. The predicted octanol–water partition coefficient (Wildman–Crippen LogP) is 0.910. The van der Waals surface area contributed by atoms with E-state index in [2.05, 4.69) is 49.1 Å². The second-order valence-electron chi connectivity index (χ2n) is 6.79. The normalized spacial score (nSPS) is 13.8. The van der Waals surface area contributed by atoms with Crippen LogP contribution in [0, 0.1) is 5.92 Å². The highest BCUT2D eigenvalue weighted by Crippen LogP contribution is 2.21. The van der Waals surface area contributed by atoms with Gasteiger partial charge in [0.1, 0.15) is 0 Å². The van der Waals surface area contributed by atoms with Crippen molar-refractivity contribution in [3.63, 3.8) is 0 Å². The molecule has 0 atom stereocenters. The Balaban J connectivity index is 1.73. The van der Waals surface area contributed by atoms with Gasteiger partial charge in [-0.2, -0.15) is 15.0 Å². The highest BCUT2D eigenvalue weighted by Gasteiger charge is 2.18. The zero-order valence-corrected chi connectivity index (χ0v) is 17.2. The fraction of sp³-hybridized carbons (Fsp3) is 0.556. The molecule has 1 fully saturated rings. The van der Waals surface area contributed by atoms with Crippen molar-refractivity contribution in [2.75, 3.05) is 56.8 Å². The van der Waals surface area contributed by atoms with Gasteiger partial charge in [-0.1, -0.05) is 13.8 Å². The van der Waals surface area contributed by atoms with Crippen molar-refractivity contribution < 1.29 is 23.7 Å². The first-order chi connectivity index (χ1) is 14.5. The molecule has 3 heterocycles. The van der Waals surface area contributed by atoms with Crippen LogP contribution in [0.4, 0.5) is 11.9 Å². The van der Waals surface area contributed by atoms with E-state index in [1.807, 2.05) is 4.90 Å². The van der Waals surface area contributed by atoms with Crippen molar-refractivity contribution in [3.05, 3.63) is 12.1 Å². The number of hydrogen-bond donors (Lipinski definition) is 1. The molecule has 1 aliphatic heterocycles.